The van der Waals surface area contributed by atoms with Gasteiger partial charge < -0.3 is 4.74 Å². The molecule has 0 radical (unpaired) electrons. The van der Waals surface area contributed by atoms with Gasteiger partial charge in [0, 0.05) is 17.2 Å². The molecule has 0 saturated heterocycles. The van der Waals surface area contributed by atoms with Gasteiger partial charge in [0.2, 0.25) is 4.77 Å². The highest BCUT2D eigenvalue weighted by molar-refractivity contribution is 7.71. The Labute approximate surface area is 173 Å². The van der Waals surface area contributed by atoms with E-state index in [1.807, 2.05) is 32.9 Å². The lowest BCUT2D eigenvalue weighted by Crippen LogP contribution is -2.04. The Morgan fingerprint density at radius 3 is 2.66 bits per heavy atom. The van der Waals surface area contributed by atoms with E-state index < -0.39 is 0 Å². The summed E-state index contributed by atoms with van der Waals surface area (Å²) in [4.78, 5) is 10.9. The van der Waals surface area contributed by atoms with Crippen LogP contribution in [-0.4, -0.2) is 26.0 Å². The molecule has 2 aromatic carbocycles. The molecule has 9 heteroatoms. The molecular weight excluding hydrogens is 390 g/mol. The highest BCUT2D eigenvalue weighted by atomic mass is 32.1. The van der Waals surface area contributed by atoms with Crippen molar-refractivity contribution in [2.24, 2.45) is 5.10 Å². The Balaban J connectivity index is 1.82. The minimum Gasteiger partial charge on any atom is -0.486 e. The van der Waals surface area contributed by atoms with Crippen molar-refractivity contribution in [2.45, 2.75) is 33.8 Å². The third kappa shape index (κ3) is 4.94. The first-order valence-electron chi connectivity index (χ1n) is 9.06. The van der Waals surface area contributed by atoms with Crippen molar-refractivity contribution in [1.82, 2.24) is 14.9 Å². The summed E-state index contributed by atoms with van der Waals surface area (Å²) in [5, 5.41) is 22.4. The number of nitro groups is 1. The van der Waals surface area contributed by atoms with Gasteiger partial charge >= 0.3 is 0 Å². The second-order valence-corrected chi connectivity index (χ2v) is 7.00. The standard InChI is InChI=1S/C20H21N5O3S/c1-4-16-6-5-15(10-18(16)25(26)27)11-21-24-19(22-23-20(24)29)12-28-17-8-13(2)7-14(3)9-17/h5-11H,4,12H2,1-3H3,(H,23,29)/b21-11-. The first-order valence-corrected chi connectivity index (χ1v) is 9.47. The van der Waals surface area contributed by atoms with E-state index >= 15 is 0 Å². The number of nitro benzene ring substituents is 1. The molecule has 0 fully saturated rings. The van der Waals surface area contributed by atoms with Crippen LogP contribution in [0.1, 0.15) is 35.0 Å². The number of aryl methyl sites for hydroxylation is 3. The van der Waals surface area contributed by atoms with Gasteiger partial charge in [-0.1, -0.05) is 25.1 Å². The van der Waals surface area contributed by atoms with Crippen molar-refractivity contribution >= 4 is 24.1 Å². The van der Waals surface area contributed by atoms with E-state index in [9.17, 15) is 10.1 Å². The maximum atomic E-state index is 11.2. The zero-order valence-corrected chi connectivity index (χ0v) is 17.2. The third-order valence-electron chi connectivity index (χ3n) is 4.29. The summed E-state index contributed by atoms with van der Waals surface area (Å²) in [6.07, 6.45) is 2.10. The van der Waals surface area contributed by atoms with E-state index in [0.29, 0.717) is 28.1 Å². The molecule has 3 aromatic rings. The van der Waals surface area contributed by atoms with E-state index in [1.165, 1.54) is 17.0 Å². The number of nitrogens with one attached hydrogen (secondary N) is 1. The summed E-state index contributed by atoms with van der Waals surface area (Å²) >= 11 is 5.23. The lowest BCUT2D eigenvalue weighted by atomic mass is 10.1. The molecule has 0 unspecified atom stereocenters. The molecule has 3 rings (SSSR count). The number of ether oxygens (including phenoxy) is 1. The molecule has 0 spiro atoms. The zero-order valence-electron chi connectivity index (χ0n) is 16.4. The molecule has 150 valence electrons. The number of nitrogens with zero attached hydrogens (tertiary/aromatic N) is 4. The zero-order chi connectivity index (χ0) is 21.0. The van der Waals surface area contributed by atoms with Crippen LogP contribution in [0.4, 0.5) is 5.69 Å². The van der Waals surface area contributed by atoms with Gasteiger partial charge in [-0.2, -0.15) is 14.9 Å². The molecule has 0 amide bonds. The molecule has 0 saturated carbocycles. The first-order chi connectivity index (χ1) is 13.9. The van der Waals surface area contributed by atoms with Crippen molar-refractivity contribution in [3.05, 3.63) is 79.4 Å². The fourth-order valence-electron chi connectivity index (χ4n) is 2.96. The predicted molar refractivity (Wildman–Crippen MR) is 113 cm³/mol. The lowest BCUT2D eigenvalue weighted by molar-refractivity contribution is -0.385. The molecule has 29 heavy (non-hydrogen) atoms. The Morgan fingerprint density at radius 2 is 2.00 bits per heavy atom. The largest absolute Gasteiger partial charge is 0.486 e. The van der Waals surface area contributed by atoms with Gasteiger partial charge in [-0.3, -0.25) is 10.1 Å². The van der Waals surface area contributed by atoms with Crippen LogP contribution < -0.4 is 4.74 Å². The molecule has 1 aromatic heterocycles. The van der Waals surface area contributed by atoms with Gasteiger partial charge in [-0.05, 0) is 55.7 Å². The monoisotopic (exact) mass is 411 g/mol. The number of rotatable bonds is 7. The second kappa shape index (κ2) is 8.78. The summed E-state index contributed by atoms with van der Waals surface area (Å²) in [6.45, 7) is 6.05. The smallest absolute Gasteiger partial charge is 0.273 e. The van der Waals surface area contributed by atoms with E-state index in [1.54, 1.807) is 12.1 Å². The summed E-state index contributed by atoms with van der Waals surface area (Å²) in [5.74, 6) is 1.22. The number of hydrogen-bond acceptors (Lipinski definition) is 6. The van der Waals surface area contributed by atoms with Crippen LogP contribution in [0.15, 0.2) is 41.5 Å². The Hall–Kier alpha value is -3.33. The molecule has 8 nitrogen and oxygen atoms in total. The van der Waals surface area contributed by atoms with E-state index in [2.05, 4.69) is 21.4 Å². The number of H-pyrrole nitrogens is 1. The van der Waals surface area contributed by atoms with Crippen LogP contribution in [0.3, 0.4) is 0 Å². The van der Waals surface area contributed by atoms with Crippen molar-refractivity contribution in [3.8, 4) is 5.75 Å². The predicted octanol–water partition coefficient (Wildman–Crippen LogP) is 4.49. The molecule has 0 atom stereocenters. The van der Waals surface area contributed by atoms with Crippen molar-refractivity contribution in [2.75, 3.05) is 0 Å². The minimum atomic E-state index is -0.386. The number of hydrogen-bond donors (Lipinski definition) is 1. The van der Waals surface area contributed by atoms with E-state index in [4.69, 9.17) is 17.0 Å². The quantitative estimate of drug-likeness (QED) is 0.267. The van der Waals surface area contributed by atoms with Gasteiger partial charge in [0.1, 0.15) is 12.4 Å². The molecular formula is C20H21N5O3S. The summed E-state index contributed by atoms with van der Waals surface area (Å²) in [7, 11) is 0. The van der Waals surface area contributed by atoms with Gasteiger partial charge in [-0.25, -0.2) is 5.10 Å². The van der Waals surface area contributed by atoms with Crippen LogP contribution >= 0.6 is 12.2 Å². The van der Waals surface area contributed by atoms with Crippen molar-refractivity contribution in [1.29, 1.82) is 0 Å². The second-order valence-electron chi connectivity index (χ2n) is 6.61. The molecule has 1 heterocycles. The average molecular weight is 411 g/mol. The van der Waals surface area contributed by atoms with Crippen molar-refractivity contribution < 1.29 is 9.66 Å². The molecule has 1 N–H and O–H groups in total. The Morgan fingerprint density at radius 1 is 1.28 bits per heavy atom. The number of benzene rings is 2. The van der Waals surface area contributed by atoms with Crippen molar-refractivity contribution in [3.63, 3.8) is 0 Å². The summed E-state index contributed by atoms with van der Waals surface area (Å²) in [6, 6.07) is 11.0. The SMILES string of the molecule is CCc1ccc(/C=N\n2c(COc3cc(C)cc(C)c3)n[nH]c2=S)cc1[N+](=O)[O-]. The van der Waals surface area contributed by atoms with Gasteiger partial charge in [0.05, 0.1) is 11.1 Å². The van der Waals surface area contributed by atoms with Gasteiger partial charge in [0.25, 0.3) is 5.69 Å². The van der Waals surface area contributed by atoms with E-state index in [-0.39, 0.29) is 17.2 Å². The highest BCUT2D eigenvalue weighted by Gasteiger charge is 2.12. The van der Waals surface area contributed by atoms with Crippen LogP contribution in [0.2, 0.25) is 0 Å². The molecule has 0 bridgehead atoms. The third-order valence-corrected chi connectivity index (χ3v) is 4.55. The lowest BCUT2D eigenvalue weighted by Gasteiger charge is -2.07. The summed E-state index contributed by atoms with van der Waals surface area (Å²) in [5.41, 5.74) is 3.56. The van der Waals surface area contributed by atoms with E-state index in [0.717, 1.165) is 16.9 Å². The average Bonchev–Trinajstić information content (AvgIpc) is 3.03. The van der Waals surface area contributed by atoms with Gasteiger partial charge in [-0.15, -0.1) is 0 Å². The van der Waals surface area contributed by atoms with Crippen LogP contribution in [-0.2, 0) is 13.0 Å². The number of aromatic amines is 1. The fourth-order valence-corrected chi connectivity index (χ4v) is 3.15. The van der Waals surface area contributed by atoms with Gasteiger partial charge in [0.15, 0.2) is 5.82 Å². The maximum absolute atomic E-state index is 11.2. The fraction of sp³-hybridized carbons (Fsp3) is 0.250. The first kappa shape index (κ1) is 20.4. The normalized spacial score (nSPS) is 11.1. The minimum absolute atomic E-state index is 0.0746. The molecule has 0 aliphatic carbocycles. The molecule has 0 aliphatic rings. The Kier molecular flexibility index (Phi) is 6.18. The van der Waals surface area contributed by atoms with Crippen LogP contribution in [0, 0.1) is 28.7 Å². The topological polar surface area (TPSA) is 98.3 Å². The highest BCUT2D eigenvalue weighted by Crippen LogP contribution is 2.20. The molecule has 0 aliphatic heterocycles. The van der Waals surface area contributed by atoms with Crippen LogP contribution in [0.5, 0.6) is 5.75 Å². The summed E-state index contributed by atoms with van der Waals surface area (Å²) < 4.78 is 7.58. The Bertz CT molecular complexity index is 1110. The maximum Gasteiger partial charge on any atom is 0.273 e. The van der Waals surface area contributed by atoms with Crippen LogP contribution in [0.25, 0.3) is 0 Å². The number of aromatic nitrogens is 3.